The van der Waals surface area contributed by atoms with Gasteiger partial charge >= 0.3 is 12.1 Å². The molecule has 0 spiro atoms. The predicted molar refractivity (Wildman–Crippen MR) is 64.1 cm³/mol. The molecule has 18 heavy (non-hydrogen) atoms. The molecule has 0 fully saturated rings. The highest BCUT2D eigenvalue weighted by Gasteiger charge is 2.19. The standard InChI is InChI=1S/C11H14N2O5/c1-4-6(2)18-11(16)13-7-5-12-8(10(14)15)9(7)17-3/h4-6,12H,1H2,2-3H3,(H,13,16)(H,14,15). The van der Waals surface area contributed by atoms with Crippen molar-refractivity contribution in [3.05, 3.63) is 24.5 Å². The van der Waals surface area contributed by atoms with Crippen LogP contribution in [0.2, 0.25) is 0 Å². The van der Waals surface area contributed by atoms with Gasteiger partial charge in [0.25, 0.3) is 0 Å². The van der Waals surface area contributed by atoms with E-state index in [1.54, 1.807) is 6.92 Å². The second-order valence-corrected chi connectivity index (χ2v) is 3.39. The largest absolute Gasteiger partial charge is 0.492 e. The van der Waals surface area contributed by atoms with E-state index in [0.29, 0.717) is 0 Å². The SMILES string of the molecule is C=CC(C)OC(=O)Nc1c[nH]c(C(=O)O)c1OC. The molecule has 0 radical (unpaired) electrons. The fourth-order valence-electron chi connectivity index (χ4n) is 1.23. The van der Waals surface area contributed by atoms with Crippen molar-refractivity contribution in [1.82, 2.24) is 4.98 Å². The molecule has 7 heteroatoms. The lowest BCUT2D eigenvalue weighted by atomic mass is 10.3. The van der Waals surface area contributed by atoms with E-state index in [9.17, 15) is 9.59 Å². The summed E-state index contributed by atoms with van der Waals surface area (Å²) < 4.78 is 9.80. The van der Waals surface area contributed by atoms with Crippen LogP contribution in [0.4, 0.5) is 10.5 Å². The summed E-state index contributed by atoms with van der Waals surface area (Å²) in [4.78, 5) is 24.7. The maximum atomic E-state index is 11.4. The van der Waals surface area contributed by atoms with Crippen LogP contribution in [0.1, 0.15) is 17.4 Å². The van der Waals surface area contributed by atoms with E-state index in [2.05, 4.69) is 16.9 Å². The Labute approximate surface area is 103 Å². The minimum atomic E-state index is -1.19. The summed E-state index contributed by atoms with van der Waals surface area (Å²) in [6, 6.07) is 0. The van der Waals surface area contributed by atoms with Crippen LogP contribution in [0.3, 0.4) is 0 Å². The van der Waals surface area contributed by atoms with Crippen molar-refractivity contribution in [2.75, 3.05) is 12.4 Å². The lowest BCUT2D eigenvalue weighted by molar-refractivity contribution is 0.0687. The normalized spacial score (nSPS) is 11.4. The monoisotopic (exact) mass is 254 g/mol. The van der Waals surface area contributed by atoms with E-state index >= 15 is 0 Å². The van der Waals surface area contributed by atoms with E-state index in [1.807, 2.05) is 0 Å². The third-order valence-corrected chi connectivity index (χ3v) is 2.11. The topological polar surface area (TPSA) is 101 Å². The van der Waals surface area contributed by atoms with Crippen molar-refractivity contribution in [2.24, 2.45) is 0 Å². The lowest BCUT2D eigenvalue weighted by Gasteiger charge is -2.10. The number of carbonyl (C=O) groups is 2. The van der Waals surface area contributed by atoms with Gasteiger partial charge in [-0.15, -0.1) is 0 Å². The third-order valence-electron chi connectivity index (χ3n) is 2.11. The predicted octanol–water partition coefficient (Wildman–Crippen LogP) is 1.84. The van der Waals surface area contributed by atoms with Gasteiger partial charge in [0.1, 0.15) is 11.8 Å². The number of amides is 1. The van der Waals surface area contributed by atoms with Crippen LogP contribution in [-0.2, 0) is 4.74 Å². The average molecular weight is 254 g/mol. The Bertz CT molecular complexity index is 466. The Morgan fingerprint density at radius 1 is 1.61 bits per heavy atom. The van der Waals surface area contributed by atoms with Gasteiger partial charge in [-0.3, -0.25) is 5.32 Å². The number of aromatic carboxylic acids is 1. The molecule has 0 aliphatic heterocycles. The first-order valence-corrected chi connectivity index (χ1v) is 5.08. The summed E-state index contributed by atoms with van der Waals surface area (Å²) in [6.45, 7) is 5.11. The first-order chi connectivity index (χ1) is 8.49. The zero-order valence-electron chi connectivity index (χ0n) is 10.0. The molecule has 1 aromatic heterocycles. The summed E-state index contributed by atoms with van der Waals surface area (Å²) in [5, 5.41) is 11.2. The fourth-order valence-corrected chi connectivity index (χ4v) is 1.23. The van der Waals surface area contributed by atoms with Gasteiger partial charge < -0.3 is 19.6 Å². The Hall–Kier alpha value is -2.44. The van der Waals surface area contributed by atoms with Crippen LogP contribution in [0.5, 0.6) is 5.75 Å². The van der Waals surface area contributed by atoms with Gasteiger partial charge in [0, 0.05) is 6.20 Å². The maximum Gasteiger partial charge on any atom is 0.412 e. The average Bonchev–Trinajstić information content (AvgIpc) is 2.71. The number of carbonyl (C=O) groups excluding carboxylic acids is 1. The van der Waals surface area contributed by atoms with Gasteiger partial charge in [0.15, 0.2) is 11.4 Å². The summed E-state index contributed by atoms with van der Waals surface area (Å²) >= 11 is 0. The number of nitrogens with one attached hydrogen (secondary N) is 2. The van der Waals surface area contributed by atoms with Gasteiger partial charge in [-0.1, -0.05) is 12.7 Å². The number of carboxylic acid groups (broad SMARTS) is 1. The van der Waals surface area contributed by atoms with E-state index in [-0.39, 0.29) is 17.1 Å². The lowest BCUT2D eigenvalue weighted by Crippen LogP contribution is -2.18. The first-order valence-electron chi connectivity index (χ1n) is 5.08. The van der Waals surface area contributed by atoms with Crippen LogP contribution in [0, 0.1) is 0 Å². The number of rotatable bonds is 5. The summed E-state index contributed by atoms with van der Waals surface area (Å²) in [7, 11) is 1.30. The molecule has 0 aliphatic carbocycles. The number of methoxy groups -OCH3 is 1. The van der Waals surface area contributed by atoms with E-state index in [0.717, 1.165) is 0 Å². The Kier molecular flexibility index (Phi) is 4.36. The zero-order chi connectivity index (χ0) is 13.7. The highest BCUT2D eigenvalue weighted by Crippen LogP contribution is 2.28. The van der Waals surface area contributed by atoms with Crippen molar-refractivity contribution in [2.45, 2.75) is 13.0 Å². The molecule has 1 amide bonds. The highest BCUT2D eigenvalue weighted by atomic mass is 16.6. The number of H-pyrrole nitrogens is 1. The molecule has 98 valence electrons. The van der Waals surface area contributed by atoms with Crippen LogP contribution < -0.4 is 10.1 Å². The second-order valence-electron chi connectivity index (χ2n) is 3.39. The van der Waals surface area contributed by atoms with Gasteiger partial charge in [-0.2, -0.15) is 0 Å². The molecule has 0 aliphatic rings. The van der Waals surface area contributed by atoms with Crippen molar-refractivity contribution >= 4 is 17.7 Å². The Balaban J connectivity index is 2.82. The minimum Gasteiger partial charge on any atom is -0.492 e. The molecule has 1 rings (SSSR count). The van der Waals surface area contributed by atoms with Crippen LogP contribution >= 0.6 is 0 Å². The zero-order valence-corrected chi connectivity index (χ0v) is 10.0. The summed E-state index contributed by atoms with van der Waals surface area (Å²) in [5.41, 5.74) is 0.0423. The van der Waals surface area contributed by atoms with Gasteiger partial charge in [-0.25, -0.2) is 9.59 Å². The molecule has 3 N–H and O–H groups in total. The van der Waals surface area contributed by atoms with Crippen molar-refractivity contribution in [3.8, 4) is 5.75 Å². The molecular formula is C11H14N2O5. The highest BCUT2D eigenvalue weighted by molar-refractivity contribution is 5.95. The molecule has 0 aromatic carbocycles. The number of anilines is 1. The second kappa shape index (κ2) is 5.76. The van der Waals surface area contributed by atoms with Crippen molar-refractivity contribution in [1.29, 1.82) is 0 Å². The number of aromatic amines is 1. The smallest absolute Gasteiger partial charge is 0.412 e. The van der Waals surface area contributed by atoms with Crippen LogP contribution in [0.25, 0.3) is 0 Å². The van der Waals surface area contributed by atoms with Crippen molar-refractivity contribution < 1.29 is 24.2 Å². The van der Waals surface area contributed by atoms with Crippen LogP contribution in [0.15, 0.2) is 18.9 Å². The van der Waals surface area contributed by atoms with Gasteiger partial charge in [0.05, 0.1) is 7.11 Å². The fraction of sp³-hybridized carbons (Fsp3) is 0.273. The van der Waals surface area contributed by atoms with Crippen molar-refractivity contribution in [3.63, 3.8) is 0 Å². The Morgan fingerprint density at radius 2 is 2.28 bits per heavy atom. The molecule has 0 saturated heterocycles. The van der Waals surface area contributed by atoms with E-state index in [1.165, 1.54) is 19.4 Å². The quantitative estimate of drug-likeness (QED) is 0.696. The Morgan fingerprint density at radius 3 is 2.78 bits per heavy atom. The van der Waals surface area contributed by atoms with Gasteiger partial charge in [-0.05, 0) is 6.92 Å². The van der Waals surface area contributed by atoms with Crippen LogP contribution in [-0.4, -0.2) is 35.4 Å². The maximum absolute atomic E-state index is 11.4. The first kappa shape index (κ1) is 13.6. The van der Waals surface area contributed by atoms with E-state index < -0.39 is 18.2 Å². The molecule has 0 saturated carbocycles. The number of aromatic nitrogens is 1. The third kappa shape index (κ3) is 3.03. The molecule has 0 bridgehead atoms. The summed E-state index contributed by atoms with van der Waals surface area (Å²) in [6.07, 6.45) is 1.59. The molecule has 1 aromatic rings. The molecule has 7 nitrogen and oxygen atoms in total. The van der Waals surface area contributed by atoms with Gasteiger partial charge in [0.2, 0.25) is 0 Å². The number of hydrogen-bond donors (Lipinski definition) is 3. The number of carboxylic acids is 1. The molecule has 1 unspecified atom stereocenters. The molecule has 1 heterocycles. The van der Waals surface area contributed by atoms with E-state index in [4.69, 9.17) is 14.6 Å². The number of ether oxygens (including phenoxy) is 2. The number of hydrogen-bond acceptors (Lipinski definition) is 4. The summed E-state index contributed by atoms with van der Waals surface area (Å²) in [5.74, 6) is -1.15. The minimum absolute atomic E-state index is 0.0331. The molecule has 1 atom stereocenters. The molecular weight excluding hydrogens is 240 g/mol.